The lowest BCUT2D eigenvalue weighted by atomic mass is 10.0. The highest BCUT2D eigenvalue weighted by atomic mass is 16.3. The minimum absolute atomic E-state index is 0.243. The average molecular weight is 304 g/mol. The lowest BCUT2D eigenvalue weighted by molar-refractivity contribution is 0.475. The normalized spacial score (nSPS) is 10.7. The molecule has 1 N–H and O–H groups in total. The van der Waals surface area contributed by atoms with E-state index in [0.29, 0.717) is 5.82 Å². The number of unbranched alkanes of at least 4 members (excludes halogenated alkanes) is 1. The van der Waals surface area contributed by atoms with Gasteiger partial charge in [-0.25, -0.2) is 9.97 Å². The summed E-state index contributed by atoms with van der Waals surface area (Å²) in [4.78, 5) is 8.97. The van der Waals surface area contributed by atoms with E-state index in [9.17, 15) is 5.11 Å². The van der Waals surface area contributed by atoms with Gasteiger partial charge in [-0.15, -0.1) is 0 Å². The molecule has 0 atom stereocenters. The predicted molar refractivity (Wildman–Crippen MR) is 93.2 cm³/mol. The Morgan fingerprint density at radius 1 is 0.870 bits per heavy atom. The largest absolute Gasteiger partial charge is 0.508 e. The van der Waals surface area contributed by atoms with Gasteiger partial charge in [0.2, 0.25) is 0 Å². The number of aryl methyl sites for hydroxylation is 1. The minimum Gasteiger partial charge on any atom is -0.508 e. The van der Waals surface area contributed by atoms with E-state index >= 15 is 0 Å². The maximum Gasteiger partial charge on any atom is 0.159 e. The van der Waals surface area contributed by atoms with E-state index in [2.05, 4.69) is 41.2 Å². The fourth-order valence-electron chi connectivity index (χ4n) is 2.49. The number of phenols is 1. The maximum atomic E-state index is 9.38. The van der Waals surface area contributed by atoms with Crippen LogP contribution in [0.3, 0.4) is 0 Å². The van der Waals surface area contributed by atoms with E-state index in [1.165, 1.54) is 18.4 Å². The van der Waals surface area contributed by atoms with Crippen LogP contribution in [0.25, 0.3) is 22.6 Å². The molecule has 3 nitrogen and oxygen atoms in total. The molecule has 0 bridgehead atoms. The fourth-order valence-corrected chi connectivity index (χ4v) is 2.49. The molecule has 3 heteroatoms. The van der Waals surface area contributed by atoms with Crippen molar-refractivity contribution >= 4 is 0 Å². The summed E-state index contributed by atoms with van der Waals surface area (Å²) in [6.45, 7) is 2.21. The molecule has 0 amide bonds. The SMILES string of the molecule is CCCCc1ccc(-c2ccnc(-c3ccc(O)cc3)n2)cc1. The van der Waals surface area contributed by atoms with Gasteiger partial charge in [0, 0.05) is 17.3 Å². The van der Waals surface area contributed by atoms with Gasteiger partial charge in [0.25, 0.3) is 0 Å². The molecule has 0 aliphatic rings. The van der Waals surface area contributed by atoms with Crippen molar-refractivity contribution in [3.05, 3.63) is 66.4 Å². The van der Waals surface area contributed by atoms with Crippen molar-refractivity contribution in [2.75, 3.05) is 0 Å². The number of nitrogens with zero attached hydrogens (tertiary/aromatic N) is 2. The lowest BCUT2D eigenvalue weighted by Gasteiger charge is -2.06. The number of benzene rings is 2. The molecule has 116 valence electrons. The van der Waals surface area contributed by atoms with Gasteiger partial charge in [0.1, 0.15) is 5.75 Å². The summed E-state index contributed by atoms with van der Waals surface area (Å²) in [6, 6.07) is 17.4. The average Bonchev–Trinajstić information content (AvgIpc) is 2.61. The van der Waals surface area contributed by atoms with Gasteiger partial charge in [-0.2, -0.15) is 0 Å². The van der Waals surface area contributed by atoms with Crippen LogP contribution in [0, 0.1) is 0 Å². The quantitative estimate of drug-likeness (QED) is 0.732. The monoisotopic (exact) mass is 304 g/mol. The summed E-state index contributed by atoms with van der Waals surface area (Å²) in [7, 11) is 0. The first kappa shape index (κ1) is 15.2. The molecule has 0 aliphatic heterocycles. The highest BCUT2D eigenvalue weighted by molar-refractivity contribution is 5.63. The number of aromatic nitrogens is 2. The first-order chi connectivity index (χ1) is 11.3. The Morgan fingerprint density at radius 3 is 2.26 bits per heavy atom. The highest BCUT2D eigenvalue weighted by Crippen LogP contribution is 2.23. The van der Waals surface area contributed by atoms with Crippen LogP contribution in [-0.2, 0) is 6.42 Å². The molecule has 0 spiro atoms. The molecule has 0 unspecified atom stereocenters. The first-order valence-corrected chi connectivity index (χ1v) is 7.98. The summed E-state index contributed by atoms with van der Waals surface area (Å²) in [5, 5.41) is 9.38. The molecule has 0 saturated carbocycles. The van der Waals surface area contributed by atoms with Gasteiger partial charge in [0.05, 0.1) is 5.69 Å². The van der Waals surface area contributed by atoms with Crippen molar-refractivity contribution in [3.63, 3.8) is 0 Å². The molecule has 1 heterocycles. The number of phenolic OH excluding ortho intramolecular Hbond substituents is 1. The number of hydrogen-bond acceptors (Lipinski definition) is 3. The smallest absolute Gasteiger partial charge is 0.159 e. The van der Waals surface area contributed by atoms with Crippen LogP contribution in [-0.4, -0.2) is 15.1 Å². The van der Waals surface area contributed by atoms with E-state index in [-0.39, 0.29) is 5.75 Å². The van der Waals surface area contributed by atoms with E-state index in [0.717, 1.165) is 23.2 Å². The standard InChI is InChI=1S/C20H20N2O/c1-2-3-4-15-5-7-16(8-6-15)19-13-14-21-20(22-19)17-9-11-18(23)12-10-17/h5-14,23H,2-4H2,1H3. The van der Waals surface area contributed by atoms with Crippen LogP contribution >= 0.6 is 0 Å². The van der Waals surface area contributed by atoms with Gasteiger partial charge in [-0.1, -0.05) is 37.6 Å². The summed E-state index contributed by atoms with van der Waals surface area (Å²) < 4.78 is 0. The van der Waals surface area contributed by atoms with E-state index in [1.54, 1.807) is 18.3 Å². The maximum absolute atomic E-state index is 9.38. The van der Waals surface area contributed by atoms with Gasteiger partial charge in [0.15, 0.2) is 5.82 Å². The Kier molecular flexibility index (Phi) is 4.67. The van der Waals surface area contributed by atoms with Gasteiger partial charge < -0.3 is 5.11 Å². The Morgan fingerprint density at radius 2 is 1.57 bits per heavy atom. The third-order valence-electron chi connectivity index (χ3n) is 3.85. The number of hydrogen-bond donors (Lipinski definition) is 1. The second-order valence-electron chi connectivity index (χ2n) is 5.61. The molecule has 3 aromatic rings. The lowest BCUT2D eigenvalue weighted by Crippen LogP contribution is -1.92. The van der Waals surface area contributed by atoms with Crippen molar-refractivity contribution in [2.24, 2.45) is 0 Å². The van der Waals surface area contributed by atoms with Crippen molar-refractivity contribution in [1.82, 2.24) is 9.97 Å². The Bertz CT molecular complexity index is 764. The van der Waals surface area contributed by atoms with Crippen LogP contribution in [0.5, 0.6) is 5.75 Å². The highest BCUT2D eigenvalue weighted by Gasteiger charge is 2.05. The minimum atomic E-state index is 0.243. The zero-order chi connectivity index (χ0) is 16.1. The molecule has 0 radical (unpaired) electrons. The molecule has 1 aromatic heterocycles. The van der Waals surface area contributed by atoms with Crippen LogP contribution in [0.2, 0.25) is 0 Å². The molecule has 3 rings (SSSR count). The Labute approximate surface area is 136 Å². The second kappa shape index (κ2) is 7.05. The third kappa shape index (κ3) is 3.75. The zero-order valence-corrected chi connectivity index (χ0v) is 13.2. The number of aromatic hydroxyl groups is 1. The van der Waals surface area contributed by atoms with Crippen LogP contribution < -0.4 is 0 Å². The second-order valence-corrected chi connectivity index (χ2v) is 5.61. The van der Waals surface area contributed by atoms with E-state index < -0.39 is 0 Å². The summed E-state index contributed by atoms with van der Waals surface area (Å²) in [6.07, 6.45) is 5.33. The fraction of sp³-hybridized carbons (Fsp3) is 0.200. The van der Waals surface area contributed by atoms with Crippen molar-refractivity contribution in [3.8, 4) is 28.4 Å². The van der Waals surface area contributed by atoms with Crippen LogP contribution in [0.1, 0.15) is 25.3 Å². The summed E-state index contributed by atoms with van der Waals surface area (Å²) >= 11 is 0. The molecular weight excluding hydrogens is 284 g/mol. The molecule has 2 aromatic carbocycles. The summed E-state index contributed by atoms with van der Waals surface area (Å²) in [5.74, 6) is 0.908. The van der Waals surface area contributed by atoms with Gasteiger partial charge >= 0.3 is 0 Å². The molecule has 0 fully saturated rings. The van der Waals surface area contributed by atoms with Crippen molar-refractivity contribution in [1.29, 1.82) is 0 Å². The van der Waals surface area contributed by atoms with E-state index in [1.807, 2.05) is 18.2 Å². The molecule has 23 heavy (non-hydrogen) atoms. The van der Waals surface area contributed by atoms with Gasteiger partial charge in [-0.3, -0.25) is 0 Å². The number of rotatable bonds is 5. The molecular formula is C20H20N2O. The first-order valence-electron chi connectivity index (χ1n) is 7.98. The Balaban J connectivity index is 1.86. The molecule has 0 saturated heterocycles. The predicted octanol–water partition coefficient (Wildman–Crippen LogP) is 4.86. The topological polar surface area (TPSA) is 46.0 Å². The van der Waals surface area contributed by atoms with Crippen molar-refractivity contribution in [2.45, 2.75) is 26.2 Å². The van der Waals surface area contributed by atoms with Crippen LogP contribution in [0.4, 0.5) is 0 Å². The van der Waals surface area contributed by atoms with Crippen LogP contribution in [0.15, 0.2) is 60.8 Å². The molecule has 0 aliphatic carbocycles. The Hall–Kier alpha value is -2.68. The van der Waals surface area contributed by atoms with Crippen molar-refractivity contribution < 1.29 is 5.11 Å². The summed E-state index contributed by atoms with van der Waals surface area (Å²) in [5.41, 5.74) is 4.26. The third-order valence-corrected chi connectivity index (χ3v) is 3.85. The zero-order valence-electron chi connectivity index (χ0n) is 13.2. The van der Waals surface area contributed by atoms with Gasteiger partial charge in [-0.05, 0) is 48.7 Å². The van der Waals surface area contributed by atoms with E-state index in [4.69, 9.17) is 0 Å².